The molecule has 0 amide bonds. The van der Waals surface area contributed by atoms with Crippen molar-refractivity contribution in [3.05, 3.63) is 197 Å². The Kier molecular flexibility index (Phi) is 41.8. The third-order valence-corrected chi connectivity index (χ3v) is 16.2. The Morgan fingerprint density at radius 3 is 1.20 bits per heavy atom. The molecule has 0 saturated carbocycles. The average Bonchev–Trinajstić information content (AvgIpc) is 0.886. The van der Waals surface area contributed by atoms with Crippen molar-refractivity contribution in [2.75, 3.05) is 112 Å². The number of anilines is 3. The molecule has 1 atom stereocenters. The first-order valence-electron chi connectivity index (χ1n) is 32.6. The molecule has 0 spiro atoms. The van der Waals surface area contributed by atoms with Crippen LogP contribution in [0, 0.1) is 0 Å². The normalized spacial score (nSPS) is 12.6. The Labute approximate surface area is 586 Å². The van der Waals surface area contributed by atoms with Crippen LogP contribution in [0.2, 0.25) is 19.6 Å². The molecule has 0 aromatic heterocycles. The summed E-state index contributed by atoms with van der Waals surface area (Å²) < 4.78 is 21.9. The lowest BCUT2D eigenvalue weighted by Crippen LogP contribution is -2.19. The molecular weight excluding hydrogens is 1290 g/mol. The van der Waals surface area contributed by atoms with E-state index in [1.165, 1.54) is 26.6 Å². The number of Topliss-reactive ketones (excluding diaryl/α,β-unsaturated/α-hetero) is 1. The smallest absolute Gasteiger partial charge is 0.305 e. The number of thiol groups is 1. The number of hydrogen-bond donors (Lipinski definition) is 5. The number of carbonyl (C=O) groups excluding carboxylic acids is 3. The highest BCUT2D eigenvalue weighted by Crippen LogP contribution is 2.41. The molecule has 2 aliphatic heterocycles. The number of nitrogens with zero attached hydrogens (tertiary/aromatic N) is 3. The van der Waals surface area contributed by atoms with E-state index in [0.717, 1.165) is 110 Å². The van der Waals surface area contributed by atoms with Gasteiger partial charge >= 0.3 is 17.9 Å². The maximum absolute atomic E-state index is 12.4. The molecule has 2 heterocycles. The van der Waals surface area contributed by atoms with Gasteiger partial charge in [0.1, 0.15) is 25.0 Å². The average molecular weight is 1400 g/mol. The van der Waals surface area contributed by atoms with Crippen molar-refractivity contribution in [1.82, 2.24) is 0 Å². The number of hydrogen-bond acceptors (Lipinski definition) is 17. The van der Waals surface area contributed by atoms with E-state index in [2.05, 4.69) is 127 Å². The number of ether oxygens (including phenoxy) is 4. The molecule has 6 aromatic carbocycles. The quantitative estimate of drug-likeness (QED) is 0.00776. The molecule has 6 aromatic rings. The van der Waals surface area contributed by atoms with Gasteiger partial charge in [0, 0.05) is 119 Å². The Morgan fingerprint density at radius 2 is 0.874 bits per heavy atom. The van der Waals surface area contributed by atoms with E-state index in [1.807, 2.05) is 99.1 Å². The molecule has 520 valence electrons. The third kappa shape index (κ3) is 33.7. The highest BCUT2D eigenvalue weighted by atomic mass is 35.6. The van der Waals surface area contributed by atoms with E-state index >= 15 is 0 Å². The van der Waals surface area contributed by atoms with Gasteiger partial charge in [0.05, 0.1) is 42.8 Å². The van der Waals surface area contributed by atoms with Gasteiger partial charge in [-0.15, -0.1) is 23.5 Å². The largest absolute Gasteiger partial charge is 0.491 e. The minimum Gasteiger partial charge on any atom is -0.491 e. The second-order valence-corrected chi connectivity index (χ2v) is 32.9. The van der Waals surface area contributed by atoms with Crippen LogP contribution in [-0.4, -0.2) is 149 Å². The summed E-state index contributed by atoms with van der Waals surface area (Å²) in [5.74, 6) is 3.13. The van der Waals surface area contributed by atoms with Crippen LogP contribution in [0.15, 0.2) is 164 Å². The van der Waals surface area contributed by atoms with E-state index in [1.54, 1.807) is 50.2 Å². The summed E-state index contributed by atoms with van der Waals surface area (Å²) >= 11 is 13.0. The second-order valence-electron chi connectivity index (χ2n) is 22.7. The summed E-state index contributed by atoms with van der Waals surface area (Å²) in [7, 11) is 4.97. The maximum Gasteiger partial charge on any atom is 0.305 e. The van der Waals surface area contributed by atoms with Crippen LogP contribution in [0.3, 0.4) is 0 Å². The second kappa shape index (κ2) is 48.1. The number of carboxylic acids is 1. The predicted molar refractivity (Wildman–Crippen MR) is 406 cm³/mol. The number of aliphatic hydroxyl groups is 3. The first-order valence-corrected chi connectivity index (χ1v) is 39.7. The van der Waals surface area contributed by atoms with Crippen molar-refractivity contribution in [1.29, 1.82) is 0 Å². The van der Waals surface area contributed by atoms with Gasteiger partial charge in [-0.1, -0.05) is 135 Å². The molecule has 20 heteroatoms. The zero-order valence-corrected chi connectivity index (χ0v) is 61.3. The van der Waals surface area contributed by atoms with E-state index in [-0.39, 0.29) is 38.8 Å². The standard InChI is InChI=1S/C24H29NO3S.C22H27NO4.C22H25NO3S.C3H9ClSi.C2H6OS.C2H6O.H2/c1-3-27-22(26)11-7-8-16-25(2)21-14-12-20(13-15-21)24-23(28-17-18-29-24)19-9-5-4-6-10-19;1-3-27-20(24)11-7-8-16-23(2)19-14-12-18(13-15-19)22(26)21(25)17-9-5-4-6-10-17;1-23(14-6-5-9-20(24)25)19-12-10-18(11-13-19)22-21(26-15-16-27-22)17-7-3-2-4-8-17;1-5(2,3)4;3-1-2-4;1-2-3;/h4-6,9-10,12-15H,3,7-8,11,16-18H2,1-2H3;4-6,9-10,12-15,21,25H,3,7-8,11,16H2,1-2H3;2-4,7-8,10-13H,5-6,9,14-16H2,1H3,(H,24,25);1-3H3;3-4H,1-2H2;3H,2H2,1H3;1H/i;;;;;;1+1. The van der Waals surface area contributed by atoms with Crippen molar-refractivity contribution >= 4 is 117 Å². The van der Waals surface area contributed by atoms with Gasteiger partial charge in [0.2, 0.25) is 0 Å². The monoisotopic (exact) mass is 1400 g/mol. The van der Waals surface area contributed by atoms with Gasteiger partial charge in [0.25, 0.3) is 0 Å². The lowest BCUT2D eigenvalue weighted by atomic mass is 10.00. The predicted octanol–water partition coefficient (Wildman–Crippen LogP) is 16.4. The number of unbranched alkanes of at least 4 members (excludes halogenated alkanes) is 3. The van der Waals surface area contributed by atoms with Crippen molar-refractivity contribution in [3.63, 3.8) is 0 Å². The van der Waals surface area contributed by atoms with Crippen molar-refractivity contribution in [2.45, 2.75) is 104 Å². The summed E-state index contributed by atoms with van der Waals surface area (Å²) in [6.45, 7) is 16.9. The van der Waals surface area contributed by atoms with Crippen LogP contribution in [0.1, 0.15) is 124 Å². The van der Waals surface area contributed by atoms with E-state index in [9.17, 15) is 24.3 Å². The molecule has 0 fully saturated rings. The highest BCUT2D eigenvalue weighted by Gasteiger charge is 2.22. The number of aliphatic carboxylic acids is 1. The minimum absolute atomic E-state index is 0. The number of halogens is 1. The number of ketones is 1. The fourth-order valence-electron chi connectivity index (χ4n) is 9.15. The topological polar surface area (TPSA) is 196 Å². The fourth-order valence-corrected chi connectivity index (χ4v) is 11.1. The first-order chi connectivity index (χ1) is 45.7. The Balaban J connectivity index is 0.000000448. The fraction of sp³-hybridized carbons (Fsp3) is 0.413. The molecule has 95 heavy (non-hydrogen) atoms. The SMILES string of the molecule is CCO.CCOC(=O)CCCCN(C)c1ccc(C(=O)C(O)c2ccccc2)cc1.CCOC(=O)CCCCN(C)c1ccc(C2=C(c3ccccc3)OCCS2)cc1.CN(CCCCC(=O)O)c1ccc(C2=C(c3ccccc3)OCCS2)cc1.C[Si](C)(C)Cl.OCCS.[2HH]. The number of benzene rings is 6. The number of esters is 2. The Bertz CT molecular complexity index is 3160. The van der Waals surface area contributed by atoms with Gasteiger partial charge in [-0.3, -0.25) is 19.2 Å². The summed E-state index contributed by atoms with van der Waals surface area (Å²) in [5, 5.41) is 34.3. The number of rotatable bonds is 28. The molecule has 8 rings (SSSR count). The van der Waals surface area contributed by atoms with Crippen LogP contribution in [0.25, 0.3) is 21.3 Å². The molecule has 0 radical (unpaired) electrons. The molecule has 0 bridgehead atoms. The zero-order valence-electron chi connectivity index (χ0n) is 57.1. The molecule has 1 unspecified atom stereocenters. The van der Waals surface area contributed by atoms with Gasteiger partial charge in [-0.2, -0.15) is 23.7 Å². The van der Waals surface area contributed by atoms with Crippen molar-refractivity contribution < 1.29 is 60.0 Å². The van der Waals surface area contributed by atoms with E-state index in [4.69, 9.17) is 45.3 Å². The van der Waals surface area contributed by atoms with Gasteiger partial charge in [-0.05, 0) is 125 Å². The minimum atomic E-state index is -1.15. The van der Waals surface area contributed by atoms with E-state index in [0.29, 0.717) is 49.4 Å². The van der Waals surface area contributed by atoms with Crippen LogP contribution in [0.5, 0.6) is 0 Å². The maximum atomic E-state index is 12.4. The summed E-state index contributed by atoms with van der Waals surface area (Å²) in [4.78, 5) is 54.7. The first kappa shape index (κ1) is 82.5. The van der Waals surface area contributed by atoms with Gasteiger partial charge in [-0.25, -0.2) is 0 Å². The highest BCUT2D eigenvalue weighted by molar-refractivity contribution is 8.08. The molecule has 2 aliphatic rings. The molecule has 0 saturated heterocycles. The number of carbonyl (C=O) groups is 4. The molecule has 0 aliphatic carbocycles. The van der Waals surface area contributed by atoms with Gasteiger partial charge in [0.15, 0.2) is 5.78 Å². The van der Waals surface area contributed by atoms with Crippen LogP contribution in [0.4, 0.5) is 17.1 Å². The summed E-state index contributed by atoms with van der Waals surface area (Å²) in [5.41, 5.74) is 8.95. The van der Waals surface area contributed by atoms with Crippen molar-refractivity contribution in [3.8, 4) is 0 Å². The molecule has 15 nitrogen and oxygen atoms in total. The van der Waals surface area contributed by atoms with Crippen molar-refractivity contribution in [2.24, 2.45) is 0 Å². The Hall–Kier alpha value is -6.68. The van der Waals surface area contributed by atoms with Gasteiger partial charge < -0.3 is 54.1 Å². The van der Waals surface area contributed by atoms with E-state index < -0.39 is 19.5 Å². The zero-order chi connectivity index (χ0) is 69.8. The lowest BCUT2D eigenvalue weighted by Gasteiger charge is -2.23. The summed E-state index contributed by atoms with van der Waals surface area (Å²) in [6.07, 6.45) is 5.06. The number of aliphatic hydroxyl groups excluding tert-OH is 3. The van der Waals surface area contributed by atoms with Crippen LogP contribution in [-0.2, 0) is 33.3 Å². The molecule has 4 N–H and O–H groups in total. The lowest BCUT2D eigenvalue weighted by molar-refractivity contribution is -0.144. The number of thioether (sulfide) groups is 2. The third-order valence-electron chi connectivity index (χ3n) is 13.8. The number of carboxylic acid groups (broad SMARTS) is 1. The molecular formula is C75H104ClN3O12S3Si. The Morgan fingerprint density at radius 1 is 0.547 bits per heavy atom. The summed E-state index contributed by atoms with van der Waals surface area (Å²) in [6, 6.07) is 53.9. The van der Waals surface area contributed by atoms with Crippen LogP contribution >= 0.6 is 47.2 Å². The van der Waals surface area contributed by atoms with Crippen LogP contribution < -0.4 is 14.7 Å².